The van der Waals surface area contributed by atoms with E-state index >= 15 is 0 Å². The summed E-state index contributed by atoms with van der Waals surface area (Å²) in [5, 5.41) is 18.2. The minimum absolute atomic E-state index is 0.248. The van der Waals surface area contributed by atoms with E-state index in [9.17, 15) is 14.9 Å². The Morgan fingerprint density at radius 3 is 2.89 bits per heavy atom. The van der Waals surface area contributed by atoms with Crippen LogP contribution in [0.5, 0.6) is 0 Å². The third-order valence-electron chi connectivity index (χ3n) is 2.07. The Bertz CT molecular complexity index is 574. The summed E-state index contributed by atoms with van der Waals surface area (Å²) in [4.78, 5) is 29.2. The summed E-state index contributed by atoms with van der Waals surface area (Å²) in [6.07, 6.45) is 3.46. The Morgan fingerprint density at radius 1 is 1.56 bits per heavy atom. The summed E-state index contributed by atoms with van der Waals surface area (Å²) >= 11 is 0. The van der Waals surface area contributed by atoms with Gasteiger partial charge in [-0.05, 0) is 21.0 Å². The molecule has 94 valence electrons. The van der Waals surface area contributed by atoms with E-state index in [2.05, 4.69) is 20.2 Å². The minimum atomic E-state index is -0.797. The van der Waals surface area contributed by atoms with Crippen LogP contribution in [-0.2, 0) is 6.42 Å². The van der Waals surface area contributed by atoms with E-state index in [1.807, 2.05) is 6.92 Å². The SMILES string of the molecule is CCCc1nc([N+](=O)[O-])n(C(=O)n2cncn2)n1. The molecule has 2 rings (SSSR count). The zero-order chi connectivity index (χ0) is 13.1. The zero-order valence-corrected chi connectivity index (χ0v) is 9.42. The second-order valence-corrected chi connectivity index (χ2v) is 3.37. The number of carbonyl (C=O) groups is 1. The molecule has 0 unspecified atom stereocenters. The normalized spacial score (nSPS) is 10.5. The van der Waals surface area contributed by atoms with Crippen molar-refractivity contribution in [1.29, 1.82) is 0 Å². The van der Waals surface area contributed by atoms with Gasteiger partial charge in [-0.15, -0.1) is 5.10 Å². The van der Waals surface area contributed by atoms with Crippen LogP contribution in [0.25, 0.3) is 0 Å². The average molecular weight is 251 g/mol. The third kappa shape index (κ3) is 2.07. The molecule has 0 bridgehead atoms. The van der Waals surface area contributed by atoms with Gasteiger partial charge in [0.1, 0.15) is 12.7 Å². The number of hydrogen-bond donors (Lipinski definition) is 0. The summed E-state index contributed by atoms with van der Waals surface area (Å²) in [7, 11) is 0. The van der Waals surface area contributed by atoms with Crippen LogP contribution < -0.4 is 0 Å². The highest BCUT2D eigenvalue weighted by Crippen LogP contribution is 2.10. The van der Waals surface area contributed by atoms with Gasteiger partial charge in [0.15, 0.2) is 0 Å². The van der Waals surface area contributed by atoms with Crippen LogP contribution in [0.1, 0.15) is 19.2 Å². The maximum absolute atomic E-state index is 11.9. The van der Waals surface area contributed by atoms with Crippen LogP contribution in [0.15, 0.2) is 12.7 Å². The van der Waals surface area contributed by atoms with Crippen molar-refractivity contribution < 1.29 is 9.72 Å². The molecule has 10 nitrogen and oxygen atoms in total. The van der Waals surface area contributed by atoms with Gasteiger partial charge in [-0.3, -0.25) is 0 Å². The minimum Gasteiger partial charge on any atom is -0.390 e. The van der Waals surface area contributed by atoms with Gasteiger partial charge in [-0.2, -0.15) is 4.68 Å². The van der Waals surface area contributed by atoms with Crippen LogP contribution >= 0.6 is 0 Å². The van der Waals surface area contributed by atoms with Gasteiger partial charge in [0.05, 0.1) is 0 Å². The van der Waals surface area contributed by atoms with E-state index in [0.29, 0.717) is 11.1 Å². The molecule has 2 heterocycles. The number of aryl methyl sites for hydroxylation is 1. The van der Waals surface area contributed by atoms with Gasteiger partial charge < -0.3 is 10.1 Å². The summed E-state index contributed by atoms with van der Waals surface area (Å²) in [6.45, 7) is 1.88. The molecular formula is C8H9N7O3. The molecule has 0 aromatic carbocycles. The van der Waals surface area contributed by atoms with Gasteiger partial charge in [0, 0.05) is 6.42 Å². The van der Waals surface area contributed by atoms with Crippen LogP contribution in [0, 0.1) is 10.1 Å². The highest BCUT2D eigenvalue weighted by molar-refractivity contribution is 5.78. The number of nitrogens with zero attached hydrogens (tertiary/aromatic N) is 7. The van der Waals surface area contributed by atoms with Crippen molar-refractivity contribution in [2.75, 3.05) is 0 Å². The molecule has 18 heavy (non-hydrogen) atoms. The maximum Gasteiger partial charge on any atom is 0.465 e. The second-order valence-electron chi connectivity index (χ2n) is 3.37. The van der Waals surface area contributed by atoms with Crippen LogP contribution in [0.2, 0.25) is 0 Å². The first-order valence-electron chi connectivity index (χ1n) is 5.13. The Kier molecular flexibility index (Phi) is 3.08. The molecule has 0 aliphatic heterocycles. The highest BCUT2D eigenvalue weighted by Gasteiger charge is 2.28. The fraction of sp³-hybridized carbons (Fsp3) is 0.375. The van der Waals surface area contributed by atoms with Gasteiger partial charge in [0.25, 0.3) is 0 Å². The molecular weight excluding hydrogens is 242 g/mol. The first-order chi connectivity index (χ1) is 8.63. The van der Waals surface area contributed by atoms with Crippen molar-refractivity contribution in [2.24, 2.45) is 0 Å². The van der Waals surface area contributed by atoms with Gasteiger partial charge >= 0.3 is 12.0 Å². The van der Waals surface area contributed by atoms with Gasteiger partial charge in [-0.1, -0.05) is 12.0 Å². The predicted molar refractivity (Wildman–Crippen MR) is 56.9 cm³/mol. The summed E-state index contributed by atoms with van der Waals surface area (Å²) in [5.74, 6) is -0.378. The molecule has 10 heteroatoms. The predicted octanol–water partition coefficient (Wildman–Crippen LogP) is 0.247. The van der Waals surface area contributed by atoms with Crippen LogP contribution in [0.3, 0.4) is 0 Å². The number of hydrogen-bond acceptors (Lipinski definition) is 7. The molecule has 0 saturated heterocycles. The van der Waals surface area contributed by atoms with Crippen molar-refractivity contribution in [3.63, 3.8) is 0 Å². The Hall–Kier alpha value is -2.65. The van der Waals surface area contributed by atoms with Crippen molar-refractivity contribution in [3.05, 3.63) is 28.6 Å². The molecule has 0 fully saturated rings. The van der Waals surface area contributed by atoms with E-state index in [4.69, 9.17) is 0 Å². The largest absolute Gasteiger partial charge is 0.465 e. The first kappa shape index (κ1) is 11.8. The van der Waals surface area contributed by atoms with E-state index in [1.165, 1.54) is 0 Å². The van der Waals surface area contributed by atoms with E-state index < -0.39 is 16.9 Å². The Labute approximate surface area is 100 Å². The number of aromatic nitrogens is 6. The maximum atomic E-state index is 11.9. The molecule has 0 radical (unpaired) electrons. The highest BCUT2D eigenvalue weighted by atomic mass is 16.6. The number of rotatable bonds is 3. The molecule has 0 atom stereocenters. The lowest BCUT2D eigenvalue weighted by molar-refractivity contribution is -0.395. The van der Waals surface area contributed by atoms with E-state index in [-0.39, 0.29) is 5.82 Å². The van der Waals surface area contributed by atoms with Crippen molar-refractivity contribution >= 4 is 12.0 Å². The quantitative estimate of drug-likeness (QED) is 0.565. The van der Waals surface area contributed by atoms with Crippen molar-refractivity contribution in [1.82, 2.24) is 29.5 Å². The molecule has 0 spiro atoms. The smallest absolute Gasteiger partial charge is 0.390 e. The van der Waals surface area contributed by atoms with E-state index in [1.54, 1.807) is 0 Å². The van der Waals surface area contributed by atoms with Crippen LogP contribution in [-0.4, -0.2) is 40.5 Å². The monoisotopic (exact) mass is 251 g/mol. The standard InChI is InChI=1S/C8H9N7O3/c1-2-3-6-11-7(15(17)18)14(12-6)8(16)13-5-9-4-10-13/h4-5H,2-3H2,1H3. The average Bonchev–Trinajstić information content (AvgIpc) is 2.97. The van der Waals surface area contributed by atoms with Gasteiger partial charge in [0.2, 0.25) is 5.82 Å². The number of carbonyl (C=O) groups excluding carboxylic acids is 1. The molecule has 0 N–H and O–H groups in total. The molecule has 0 aliphatic rings. The summed E-state index contributed by atoms with van der Waals surface area (Å²) in [5.41, 5.74) is 0. The second kappa shape index (κ2) is 4.69. The molecule has 0 amide bonds. The first-order valence-corrected chi connectivity index (χ1v) is 5.13. The Morgan fingerprint density at radius 2 is 2.33 bits per heavy atom. The lowest BCUT2D eigenvalue weighted by Crippen LogP contribution is -2.22. The molecule has 0 saturated carbocycles. The molecule has 0 aliphatic carbocycles. The van der Waals surface area contributed by atoms with E-state index in [0.717, 1.165) is 23.8 Å². The summed E-state index contributed by atoms with van der Waals surface area (Å²) < 4.78 is 1.46. The fourth-order valence-electron chi connectivity index (χ4n) is 1.33. The zero-order valence-electron chi connectivity index (χ0n) is 9.42. The third-order valence-corrected chi connectivity index (χ3v) is 2.07. The molecule has 2 aromatic rings. The van der Waals surface area contributed by atoms with Crippen molar-refractivity contribution in [2.45, 2.75) is 19.8 Å². The fourth-order valence-corrected chi connectivity index (χ4v) is 1.33. The van der Waals surface area contributed by atoms with Crippen molar-refractivity contribution in [3.8, 4) is 0 Å². The lowest BCUT2D eigenvalue weighted by atomic mass is 10.3. The lowest BCUT2D eigenvalue weighted by Gasteiger charge is -1.95. The Balaban J connectivity index is 2.42. The number of nitro groups is 1. The molecule has 2 aromatic heterocycles. The van der Waals surface area contributed by atoms with Crippen LogP contribution in [0.4, 0.5) is 10.7 Å². The topological polar surface area (TPSA) is 122 Å². The van der Waals surface area contributed by atoms with Gasteiger partial charge in [-0.25, -0.2) is 9.78 Å². The summed E-state index contributed by atoms with van der Waals surface area (Å²) in [6, 6.07) is -0.797.